The van der Waals surface area contributed by atoms with E-state index in [1.54, 1.807) is 12.1 Å². The van der Waals surface area contributed by atoms with Gasteiger partial charge < -0.3 is 4.57 Å². The van der Waals surface area contributed by atoms with Crippen molar-refractivity contribution < 1.29 is 9.18 Å². The number of aromatic nitrogens is 2. The zero-order chi connectivity index (χ0) is 20.8. The molecule has 1 aromatic heterocycles. The Kier molecular flexibility index (Phi) is 6.20. The monoisotopic (exact) mass is 418 g/mol. The fourth-order valence-corrected chi connectivity index (χ4v) is 3.82. The minimum Gasteiger partial charge on any atom is -0.314 e. The van der Waals surface area contributed by atoms with Gasteiger partial charge >= 0.3 is 0 Å². The molecule has 4 aromatic rings. The quantitative estimate of drug-likeness (QED) is 0.274. The number of carbonyl (C=O) groups excluding carboxylic acids is 1. The lowest BCUT2D eigenvalue weighted by Gasteiger charge is -2.09. The fraction of sp³-hybridized carbons (Fsp3) is 0.0870. The molecule has 0 aliphatic heterocycles. The van der Waals surface area contributed by atoms with Crippen molar-refractivity contribution in [1.82, 2.24) is 15.0 Å². The Bertz CT molecular complexity index is 1190. The molecular formula is C23H19FN4OS. The van der Waals surface area contributed by atoms with E-state index >= 15 is 0 Å². The van der Waals surface area contributed by atoms with Gasteiger partial charge in [0.25, 0.3) is 5.91 Å². The van der Waals surface area contributed by atoms with Gasteiger partial charge in [-0.15, -0.1) is 0 Å². The summed E-state index contributed by atoms with van der Waals surface area (Å²) in [7, 11) is 0. The number of nitrogens with one attached hydrogen (secondary N) is 1. The number of benzene rings is 3. The number of para-hydroxylation sites is 2. The molecule has 0 fully saturated rings. The highest BCUT2D eigenvalue weighted by molar-refractivity contribution is 7.99. The van der Waals surface area contributed by atoms with E-state index in [0.29, 0.717) is 12.1 Å². The maximum atomic E-state index is 13.2. The molecule has 30 heavy (non-hydrogen) atoms. The van der Waals surface area contributed by atoms with Crippen molar-refractivity contribution in [2.75, 3.05) is 5.75 Å². The summed E-state index contributed by atoms with van der Waals surface area (Å²) in [6.07, 6.45) is 1.41. The molecule has 3 aromatic carbocycles. The number of hydrogen-bond acceptors (Lipinski definition) is 4. The molecule has 0 bridgehead atoms. The van der Waals surface area contributed by atoms with Gasteiger partial charge in [0.05, 0.1) is 29.5 Å². The van der Waals surface area contributed by atoms with E-state index in [1.165, 1.54) is 30.1 Å². The molecule has 1 N–H and O–H groups in total. The Morgan fingerprint density at radius 2 is 1.87 bits per heavy atom. The van der Waals surface area contributed by atoms with Crippen molar-refractivity contribution in [1.29, 1.82) is 0 Å². The fourth-order valence-electron chi connectivity index (χ4n) is 3.01. The van der Waals surface area contributed by atoms with Gasteiger partial charge in [-0.3, -0.25) is 4.79 Å². The van der Waals surface area contributed by atoms with E-state index in [4.69, 9.17) is 0 Å². The van der Waals surface area contributed by atoms with Crippen LogP contribution in [0.15, 0.2) is 89.1 Å². The lowest BCUT2D eigenvalue weighted by atomic mass is 10.2. The second kappa shape index (κ2) is 9.37. The minimum absolute atomic E-state index is 0.165. The first-order chi connectivity index (χ1) is 14.7. The summed E-state index contributed by atoms with van der Waals surface area (Å²) in [4.78, 5) is 16.9. The summed E-state index contributed by atoms with van der Waals surface area (Å²) in [5.74, 6) is -0.442. The Balaban J connectivity index is 1.44. The predicted octanol–water partition coefficient (Wildman–Crippen LogP) is 4.47. The Morgan fingerprint density at radius 3 is 2.70 bits per heavy atom. The third-order valence-electron chi connectivity index (χ3n) is 4.39. The van der Waals surface area contributed by atoms with Gasteiger partial charge in [-0.1, -0.05) is 66.4 Å². The van der Waals surface area contributed by atoms with Gasteiger partial charge in [0.2, 0.25) is 0 Å². The van der Waals surface area contributed by atoms with Crippen molar-refractivity contribution in [3.05, 3.63) is 95.8 Å². The lowest BCUT2D eigenvalue weighted by Crippen LogP contribution is -2.20. The normalized spacial score (nSPS) is 11.2. The van der Waals surface area contributed by atoms with Gasteiger partial charge in [0.15, 0.2) is 5.16 Å². The SMILES string of the molecule is O=C(CSc1nc2ccccc2n1Cc1ccccc1)N/N=C\c1cccc(F)c1. The molecule has 0 atom stereocenters. The van der Waals surface area contributed by atoms with Gasteiger partial charge in [-0.2, -0.15) is 5.10 Å². The summed E-state index contributed by atoms with van der Waals surface area (Å²) in [5.41, 5.74) is 6.12. The molecule has 5 nitrogen and oxygen atoms in total. The first-order valence-electron chi connectivity index (χ1n) is 9.38. The average Bonchev–Trinajstić information content (AvgIpc) is 3.10. The molecule has 7 heteroatoms. The van der Waals surface area contributed by atoms with E-state index < -0.39 is 0 Å². The molecule has 1 amide bonds. The Labute approximate surface area is 177 Å². The largest absolute Gasteiger partial charge is 0.314 e. The standard InChI is InChI=1S/C23H19FN4OS/c24-19-10-6-9-18(13-19)14-25-27-22(29)16-30-23-26-20-11-4-5-12-21(20)28(23)15-17-7-2-1-3-8-17/h1-14H,15-16H2,(H,27,29)/b25-14-. The van der Waals surface area contributed by atoms with Crippen LogP contribution in [0.4, 0.5) is 4.39 Å². The molecule has 4 rings (SSSR count). The summed E-state index contributed by atoms with van der Waals surface area (Å²) in [6.45, 7) is 0.670. The van der Waals surface area contributed by atoms with Gasteiger partial charge in [-0.25, -0.2) is 14.8 Å². The number of fused-ring (bicyclic) bond motifs is 1. The van der Waals surface area contributed by atoms with E-state index in [9.17, 15) is 9.18 Å². The minimum atomic E-state index is -0.349. The van der Waals surface area contributed by atoms with Gasteiger partial charge in [-0.05, 0) is 35.4 Å². The number of halogens is 1. The van der Waals surface area contributed by atoms with Gasteiger partial charge in [0, 0.05) is 0 Å². The Morgan fingerprint density at radius 1 is 1.07 bits per heavy atom. The van der Waals surface area contributed by atoms with Crippen LogP contribution in [0.3, 0.4) is 0 Å². The first kappa shape index (κ1) is 19.8. The van der Waals surface area contributed by atoms with Crippen LogP contribution in [0, 0.1) is 5.82 Å². The van der Waals surface area contributed by atoms with Crippen LogP contribution in [0.2, 0.25) is 0 Å². The first-order valence-corrected chi connectivity index (χ1v) is 10.4. The summed E-state index contributed by atoms with van der Waals surface area (Å²) in [5, 5.41) is 4.66. The average molecular weight is 418 g/mol. The summed E-state index contributed by atoms with van der Waals surface area (Å²) >= 11 is 1.35. The second-order valence-corrected chi connectivity index (χ2v) is 7.53. The molecule has 0 saturated heterocycles. The predicted molar refractivity (Wildman–Crippen MR) is 118 cm³/mol. The third-order valence-corrected chi connectivity index (χ3v) is 5.36. The number of hydrogen-bond donors (Lipinski definition) is 1. The molecule has 0 unspecified atom stereocenters. The highest BCUT2D eigenvalue weighted by Gasteiger charge is 2.13. The smallest absolute Gasteiger partial charge is 0.250 e. The van der Waals surface area contributed by atoms with Crippen LogP contribution in [-0.2, 0) is 11.3 Å². The second-order valence-electron chi connectivity index (χ2n) is 6.59. The van der Waals surface area contributed by atoms with Gasteiger partial charge in [0.1, 0.15) is 5.82 Å². The number of rotatable bonds is 7. The highest BCUT2D eigenvalue weighted by atomic mass is 32.2. The molecule has 0 spiro atoms. The third kappa shape index (κ3) is 4.93. The van der Waals surface area contributed by atoms with Crippen LogP contribution in [-0.4, -0.2) is 27.4 Å². The van der Waals surface area contributed by atoms with E-state index in [0.717, 1.165) is 21.8 Å². The van der Waals surface area contributed by atoms with Crippen LogP contribution in [0.1, 0.15) is 11.1 Å². The molecular weight excluding hydrogens is 399 g/mol. The van der Waals surface area contributed by atoms with Crippen LogP contribution < -0.4 is 5.43 Å². The number of amides is 1. The van der Waals surface area contributed by atoms with Crippen LogP contribution in [0.25, 0.3) is 11.0 Å². The highest BCUT2D eigenvalue weighted by Crippen LogP contribution is 2.25. The van der Waals surface area contributed by atoms with E-state index in [-0.39, 0.29) is 17.5 Å². The van der Waals surface area contributed by atoms with Crippen molar-refractivity contribution in [3.63, 3.8) is 0 Å². The molecule has 0 radical (unpaired) electrons. The zero-order valence-corrected chi connectivity index (χ0v) is 16.8. The van der Waals surface area contributed by atoms with E-state index in [1.807, 2.05) is 42.5 Å². The molecule has 0 saturated carbocycles. The summed E-state index contributed by atoms with van der Waals surface area (Å²) in [6, 6.07) is 24.0. The van der Waals surface area contributed by atoms with Crippen molar-refractivity contribution >= 4 is 34.9 Å². The molecule has 0 aliphatic carbocycles. The maximum absolute atomic E-state index is 13.2. The number of carbonyl (C=O) groups is 1. The zero-order valence-electron chi connectivity index (χ0n) is 16.0. The van der Waals surface area contributed by atoms with Crippen LogP contribution in [0.5, 0.6) is 0 Å². The van der Waals surface area contributed by atoms with Crippen molar-refractivity contribution in [3.8, 4) is 0 Å². The molecule has 1 heterocycles. The van der Waals surface area contributed by atoms with Crippen molar-refractivity contribution in [2.24, 2.45) is 5.10 Å². The molecule has 150 valence electrons. The summed E-state index contributed by atoms with van der Waals surface area (Å²) < 4.78 is 15.3. The lowest BCUT2D eigenvalue weighted by molar-refractivity contribution is -0.118. The number of thioether (sulfide) groups is 1. The number of nitrogens with zero attached hydrogens (tertiary/aromatic N) is 3. The maximum Gasteiger partial charge on any atom is 0.250 e. The number of imidazole rings is 1. The number of hydrazone groups is 1. The Hall–Kier alpha value is -3.45. The molecule has 0 aliphatic rings. The topological polar surface area (TPSA) is 59.3 Å². The van der Waals surface area contributed by atoms with Crippen LogP contribution >= 0.6 is 11.8 Å². The van der Waals surface area contributed by atoms with E-state index in [2.05, 4.69) is 32.2 Å². The van der Waals surface area contributed by atoms with Crippen molar-refractivity contribution in [2.45, 2.75) is 11.7 Å².